The Kier molecular flexibility index (Phi) is 3.23. The van der Waals surface area contributed by atoms with E-state index in [-0.39, 0.29) is 23.0 Å². The van der Waals surface area contributed by atoms with Crippen LogP contribution in [-0.4, -0.2) is 11.7 Å². The summed E-state index contributed by atoms with van der Waals surface area (Å²) in [6, 6.07) is 8.14. The molecule has 1 N–H and O–H groups in total. The van der Waals surface area contributed by atoms with E-state index in [4.69, 9.17) is 0 Å². The van der Waals surface area contributed by atoms with E-state index in [1.165, 1.54) is 0 Å². The number of carbonyl (C=O) groups is 2. The first-order valence-corrected chi connectivity index (χ1v) is 7.48. The molecule has 1 aliphatic heterocycles. The molecule has 0 spiro atoms. The number of amides is 1. The van der Waals surface area contributed by atoms with Gasteiger partial charge in [-0.15, -0.1) is 0 Å². The SMILES string of the molecule is Cc1cccc([C@@H]2CC(=O)NC3=C2C(=O)CC(C)(C)C3)c1. The topological polar surface area (TPSA) is 46.2 Å². The van der Waals surface area contributed by atoms with Crippen LogP contribution in [0, 0.1) is 12.3 Å². The van der Waals surface area contributed by atoms with Crippen LogP contribution in [0.2, 0.25) is 0 Å². The summed E-state index contributed by atoms with van der Waals surface area (Å²) in [7, 11) is 0. The normalized spacial score (nSPS) is 24.6. The Hall–Kier alpha value is -1.90. The van der Waals surface area contributed by atoms with Crippen molar-refractivity contribution in [1.82, 2.24) is 5.32 Å². The van der Waals surface area contributed by atoms with Crippen LogP contribution in [0.4, 0.5) is 0 Å². The molecule has 0 unspecified atom stereocenters. The van der Waals surface area contributed by atoms with Gasteiger partial charge in [-0.05, 0) is 24.3 Å². The Morgan fingerprint density at radius 2 is 1.95 bits per heavy atom. The van der Waals surface area contributed by atoms with Gasteiger partial charge in [-0.3, -0.25) is 9.59 Å². The highest BCUT2D eigenvalue weighted by Crippen LogP contribution is 2.43. The van der Waals surface area contributed by atoms with Gasteiger partial charge in [0.25, 0.3) is 0 Å². The second-order valence-corrected chi connectivity index (χ2v) is 7.05. The minimum atomic E-state index is -0.0859. The predicted octanol–water partition coefficient (Wildman–Crippen LogP) is 3.24. The molecule has 3 heteroatoms. The van der Waals surface area contributed by atoms with Crippen LogP contribution in [0.15, 0.2) is 35.5 Å². The van der Waals surface area contributed by atoms with E-state index in [1.807, 2.05) is 25.1 Å². The summed E-state index contributed by atoms with van der Waals surface area (Å²) in [4.78, 5) is 24.7. The summed E-state index contributed by atoms with van der Waals surface area (Å²) in [5.74, 6) is 0.121. The van der Waals surface area contributed by atoms with Crippen LogP contribution in [0.1, 0.15) is 50.2 Å². The Balaban J connectivity index is 2.08. The highest BCUT2D eigenvalue weighted by atomic mass is 16.2. The third-order valence-electron chi connectivity index (χ3n) is 4.39. The molecule has 0 saturated carbocycles. The number of hydrogen-bond acceptors (Lipinski definition) is 2. The highest BCUT2D eigenvalue weighted by Gasteiger charge is 2.40. The van der Waals surface area contributed by atoms with Crippen LogP contribution in [-0.2, 0) is 9.59 Å². The smallest absolute Gasteiger partial charge is 0.225 e. The number of nitrogens with one attached hydrogen (secondary N) is 1. The van der Waals surface area contributed by atoms with Crippen molar-refractivity contribution in [3.8, 4) is 0 Å². The molecule has 3 nitrogen and oxygen atoms in total. The average molecular weight is 283 g/mol. The fraction of sp³-hybridized carbons (Fsp3) is 0.444. The van der Waals surface area contributed by atoms with Gasteiger partial charge in [0.2, 0.25) is 5.91 Å². The zero-order valence-electron chi connectivity index (χ0n) is 12.8. The summed E-state index contributed by atoms with van der Waals surface area (Å²) >= 11 is 0. The molecule has 110 valence electrons. The zero-order chi connectivity index (χ0) is 15.2. The van der Waals surface area contributed by atoms with Crippen molar-refractivity contribution in [3.05, 3.63) is 46.7 Å². The maximum Gasteiger partial charge on any atom is 0.225 e. The molecule has 0 fully saturated rings. The van der Waals surface area contributed by atoms with Crippen molar-refractivity contribution >= 4 is 11.7 Å². The number of carbonyl (C=O) groups excluding carboxylic acids is 2. The lowest BCUT2D eigenvalue weighted by Crippen LogP contribution is -2.40. The largest absolute Gasteiger partial charge is 0.329 e. The van der Waals surface area contributed by atoms with Crippen molar-refractivity contribution in [2.75, 3.05) is 0 Å². The van der Waals surface area contributed by atoms with Gasteiger partial charge in [0.1, 0.15) is 0 Å². The van der Waals surface area contributed by atoms with Crippen molar-refractivity contribution in [2.24, 2.45) is 5.41 Å². The van der Waals surface area contributed by atoms with Crippen LogP contribution in [0.3, 0.4) is 0 Å². The molecule has 1 atom stereocenters. The van der Waals surface area contributed by atoms with E-state index < -0.39 is 0 Å². The number of aryl methyl sites for hydroxylation is 1. The molecule has 0 aromatic heterocycles. The molecule has 1 aromatic carbocycles. The second kappa shape index (κ2) is 4.83. The fourth-order valence-electron chi connectivity index (χ4n) is 3.53. The summed E-state index contributed by atoms with van der Waals surface area (Å²) in [6.07, 6.45) is 1.70. The number of ketones is 1. The van der Waals surface area contributed by atoms with Gasteiger partial charge in [0.05, 0.1) is 0 Å². The fourth-order valence-corrected chi connectivity index (χ4v) is 3.53. The predicted molar refractivity (Wildman–Crippen MR) is 81.7 cm³/mol. The number of hydrogen-bond donors (Lipinski definition) is 1. The Bertz CT molecular complexity index is 655. The molecule has 1 aromatic rings. The third-order valence-corrected chi connectivity index (χ3v) is 4.39. The maximum absolute atomic E-state index is 12.6. The summed E-state index contributed by atoms with van der Waals surface area (Å²) < 4.78 is 0. The van der Waals surface area contributed by atoms with Crippen LogP contribution >= 0.6 is 0 Å². The van der Waals surface area contributed by atoms with Gasteiger partial charge in [-0.1, -0.05) is 43.7 Å². The van der Waals surface area contributed by atoms with E-state index in [0.717, 1.165) is 28.8 Å². The minimum Gasteiger partial charge on any atom is -0.329 e. The van der Waals surface area contributed by atoms with Gasteiger partial charge in [0.15, 0.2) is 5.78 Å². The number of allylic oxidation sites excluding steroid dienone is 2. The van der Waals surface area contributed by atoms with Crippen molar-refractivity contribution < 1.29 is 9.59 Å². The molecule has 1 amide bonds. The van der Waals surface area contributed by atoms with Crippen molar-refractivity contribution in [2.45, 2.75) is 46.0 Å². The quantitative estimate of drug-likeness (QED) is 0.860. The Labute approximate surface area is 125 Å². The summed E-state index contributed by atoms with van der Waals surface area (Å²) in [5.41, 5.74) is 3.84. The first-order valence-electron chi connectivity index (χ1n) is 7.48. The van der Waals surface area contributed by atoms with Gasteiger partial charge >= 0.3 is 0 Å². The molecule has 3 rings (SSSR count). The molecular formula is C18H21NO2. The van der Waals surface area contributed by atoms with Gasteiger partial charge in [-0.25, -0.2) is 0 Å². The van der Waals surface area contributed by atoms with Crippen molar-refractivity contribution in [1.29, 1.82) is 0 Å². The molecule has 21 heavy (non-hydrogen) atoms. The number of rotatable bonds is 1. The van der Waals surface area contributed by atoms with E-state index >= 15 is 0 Å². The molecule has 0 saturated heterocycles. The zero-order valence-corrected chi connectivity index (χ0v) is 12.8. The molecule has 1 heterocycles. The van der Waals surface area contributed by atoms with Crippen LogP contribution in [0.5, 0.6) is 0 Å². The number of Topliss-reactive ketones (excluding diaryl/α,β-unsaturated/α-hetero) is 1. The van der Waals surface area contributed by atoms with E-state index in [2.05, 4.69) is 25.2 Å². The first-order chi connectivity index (χ1) is 9.85. The van der Waals surface area contributed by atoms with E-state index in [1.54, 1.807) is 0 Å². The average Bonchev–Trinajstić information content (AvgIpc) is 2.35. The molecule has 0 bridgehead atoms. The Morgan fingerprint density at radius 3 is 2.67 bits per heavy atom. The maximum atomic E-state index is 12.6. The monoisotopic (exact) mass is 283 g/mol. The lowest BCUT2D eigenvalue weighted by molar-refractivity contribution is -0.122. The van der Waals surface area contributed by atoms with Gasteiger partial charge in [-0.2, -0.15) is 0 Å². The first kappa shape index (κ1) is 14.1. The Morgan fingerprint density at radius 1 is 1.19 bits per heavy atom. The summed E-state index contributed by atoms with van der Waals surface area (Å²) in [5, 5.41) is 2.94. The summed E-state index contributed by atoms with van der Waals surface area (Å²) in [6.45, 7) is 6.20. The lowest BCUT2D eigenvalue weighted by Gasteiger charge is -2.37. The lowest BCUT2D eigenvalue weighted by atomic mass is 9.70. The van der Waals surface area contributed by atoms with E-state index in [0.29, 0.717) is 12.8 Å². The minimum absolute atomic E-state index is 0.0192. The third kappa shape index (κ3) is 2.65. The number of benzene rings is 1. The van der Waals surface area contributed by atoms with Gasteiger partial charge < -0.3 is 5.32 Å². The van der Waals surface area contributed by atoms with E-state index in [9.17, 15) is 9.59 Å². The highest BCUT2D eigenvalue weighted by molar-refractivity contribution is 6.02. The van der Waals surface area contributed by atoms with Gasteiger partial charge in [0, 0.05) is 30.0 Å². The second-order valence-electron chi connectivity index (χ2n) is 7.05. The van der Waals surface area contributed by atoms with Crippen LogP contribution < -0.4 is 5.32 Å². The molecular weight excluding hydrogens is 262 g/mol. The molecule has 1 aliphatic carbocycles. The molecule has 0 radical (unpaired) electrons. The van der Waals surface area contributed by atoms with Crippen molar-refractivity contribution in [3.63, 3.8) is 0 Å². The van der Waals surface area contributed by atoms with Crippen LogP contribution in [0.25, 0.3) is 0 Å². The molecule has 2 aliphatic rings. The standard InChI is InChI=1S/C18H21NO2/c1-11-5-4-6-12(7-11)13-8-16(21)19-14-9-18(2,3)10-15(20)17(13)14/h4-7,13H,8-10H2,1-3H3,(H,19,21)/t13-/m0/s1.